The second-order valence-electron chi connectivity index (χ2n) is 4.02. The van der Waals surface area contributed by atoms with E-state index in [9.17, 15) is 9.90 Å². The summed E-state index contributed by atoms with van der Waals surface area (Å²) in [6.07, 6.45) is 2.30. The van der Waals surface area contributed by atoms with Gasteiger partial charge in [-0.05, 0) is 29.8 Å². The first kappa shape index (κ1) is 13.5. The predicted molar refractivity (Wildman–Crippen MR) is 73.0 cm³/mol. The van der Waals surface area contributed by atoms with Crippen LogP contribution in [0.1, 0.15) is 22.0 Å². The Hall–Kier alpha value is -1.91. The topological polar surface area (TPSA) is 62.2 Å². The maximum Gasteiger partial charge on any atom is 0.251 e. The number of hydrogen-bond acceptors (Lipinski definition) is 3. The van der Waals surface area contributed by atoms with Crippen LogP contribution in [0.25, 0.3) is 0 Å². The molecule has 0 aliphatic carbocycles. The molecule has 1 amide bonds. The normalized spacial score (nSPS) is 11.9. The van der Waals surface area contributed by atoms with E-state index in [-0.39, 0.29) is 12.5 Å². The number of hydrogen-bond donors (Lipinski definition) is 2. The van der Waals surface area contributed by atoms with E-state index in [0.717, 1.165) is 0 Å². The first-order valence-corrected chi connectivity index (χ1v) is 6.16. The van der Waals surface area contributed by atoms with Gasteiger partial charge < -0.3 is 10.4 Å². The molecule has 0 saturated heterocycles. The number of nitrogens with one attached hydrogen (secondary N) is 1. The molecule has 19 heavy (non-hydrogen) atoms. The molecule has 0 aliphatic rings. The highest BCUT2D eigenvalue weighted by atomic mass is 35.5. The average molecular weight is 277 g/mol. The third-order valence-corrected chi connectivity index (χ3v) is 2.87. The molecule has 0 bridgehead atoms. The van der Waals surface area contributed by atoms with Gasteiger partial charge in [-0.1, -0.05) is 23.7 Å². The van der Waals surface area contributed by atoms with E-state index >= 15 is 0 Å². The van der Waals surface area contributed by atoms with Crippen LogP contribution in [0.5, 0.6) is 0 Å². The molecular weight excluding hydrogens is 264 g/mol. The lowest BCUT2D eigenvalue weighted by atomic mass is 10.1. The van der Waals surface area contributed by atoms with Gasteiger partial charge >= 0.3 is 0 Å². The molecule has 2 N–H and O–H groups in total. The standard InChI is InChI=1S/C14H13ClN2O2/c15-12-3-1-2-11(8-12)13(18)9-17-14(19)10-4-6-16-7-5-10/h1-8,13,18H,9H2,(H,17,19). The van der Waals surface area contributed by atoms with Crippen molar-refractivity contribution in [3.05, 3.63) is 64.9 Å². The van der Waals surface area contributed by atoms with E-state index in [2.05, 4.69) is 10.3 Å². The van der Waals surface area contributed by atoms with Gasteiger partial charge in [0, 0.05) is 29.5 Å². The number of benzene rings is 1. The van der Waals surface area contributed by atoms with Gasteiger partial charge in [-0.25, -0.2) is 0 Å². The SMILES string of the molecule is O=C(NCC(O)c1cccc(Cl)c1)c1ccncc1. The van der Waals surface area contributed by atoms with E-state index < -0.39 is 6.10 Å². The van der Waals surface area contributed by atoms with E-state index in [0.29, 0.717) is 16.1 Å². The molecule has 2 aromatic rings. The Morgan fingerprint density at radius 1 is 1.32 bits per heavy atom. The maximum absolute atomic E-state index is 11.8. The quantitative estimate of drug-likeness (QED) is 0.900. The molecule has 0 fully saturated rings. The summed E-state index contributed by atoms with van der Waals surface area (Å²) >= 11 is 5.84. The molecule has 0 radical (unpaired) electrons. The molecule has 98 valence electrons. The Kier molecular flexibility index (Phi) is 4.49. The van der Waals surface area contributed by atoms with Crippen LogP contribution in [-0.4, -0.2) is 22.5 Å². The smallest absolute Gasteiger partial charge is 0.251 e. The summed E-state index contributed by atoms with van der Waals surface area (Å²) in [6, 6.07) is 10.1. The number of rotatable bonds is 4. The van der Waals surface area contributed by atoms with Gasteiger partial charge in [0.05, 0.1) is 6.10 Å². The second kappa shape index (κ2) is 6.31. The zero-order valence-corrected chi connectivity index (χ0v) is 10.8. The van der Waals surface area contributed by atoms with Crippen LogP contribution in [0.3, 0.4) is 0 Å². The molecule has 0 saturated carbocycles. The number of halogens is 1. The van der Waals surface area contributed by atoms with Gasteiger partial charge in [0.15, 0.2) is 0 Å². The van der Waals surface area contributed by atoms with Gasteiger partial charge in [-0.2, -0.15) is 0 Å². The summed E-state index contributed by atoms with van der Waals surface area (Å²) in [5.41, 5.74) is 1.18. The highest BCUT2D eigenvalue weighted by Gasteiger charge is 2.10. The lowest BCUT2D eigenvalue weighted by Gasteiger charge is -2.12. The Morgan fingerprint density at radius 3 is 2.74 bits per heavy atom. The maximum atomic E-state index is 11.8. The van der Waals surface area contributed by atoms with E-state index in [1.54, 1.807) is 48.8 Å². The Bertz CT molecular complexity index is 560. The van der Waals surface area contributed by atoms with Crippen LogP contribution < -0.4 is 5.32 Å². The number of carbonyl (C=O) groups is 1. The van der Waals surface area contributed by atoms with Crippen LogP contribution in [0.15, 0.2) is 48.8 Å². The van der Waals surface area contributed by atoms with E-state index in [1.807, 2.05) is 0 Å². The predicted octanol–water partition coefficient (Wildman–Crippen LogP) is 2.20. The molecule has 1 heterocycles. The molecule has 0 spiro atoms. The van der Waals surface area contributed by atoms with Gasteiger partial charge in [-0.15, -0.1) is 0 Å². The number of pyridine rings is 1. The second-order valence-corrected chi connectivity index (χ2v) is 4.45. The van der Waals surface area contributed by atoms with Crippen LogP contribution in [0, 0.1) is 0 Å². The molecule has 1 atom stereocenters. The zero-order valence-electron chi connectivity index (χ0n) is 10.1. The highest BCUT2D eigenvalue weighted by molar-refractivity contribution is 6.30. The zero-order chi connectivity index (χ0) is 13.7. The Morgan fingerprint density at radius 2 is 2.05 bits per heavy atom. The number of aliphatic hydroxyl groups is 1. The first-order valence-electron chi connectivity index (χ1n) is 5.78. The summed E-state index contributed by atoms with van der Waals surface area (Å²) in [4.78, 5) is 15.6. The van der Waals surface area contributed by atoms with E-state index in [4.69, 9.17) is 11.6 Å². The molecule has 4 nitrogen and oxygen atoms in total. The lowest BCUT2D eigenvalue weighted by molar-refractivity contribution is 0.0916. The fourth-order valence-electron chi connectivity index (χ4n) is 1.63. The lowest BCUT2D eigenvalue weighted by Crippen LogP contribution is -2.28. The fourth-order valence-corrected chi connectivity index (χ4v) is 1.83. The average Bonchev–Trinajstić information content (AvgIpc) is 2.45. The number of carbonyl (C=O) groups excluding carboxylic acids is 1. The van der Waals surface area contributed by atoms with Gasteiger partial charge in [0.1, 0.15) is 0 Å². The van der Waals surface area contributed by atoms with Gasteiger partial charge in [0.25, 0.3) is 5.91 Å². The summed E-state index contributed by atoms with van der Waals surface area (Å²) in [5, 5.41) is 13.2. The van der Waals surface area contributed by atoms with Crippen molar-refractivity contribution < 1.29 is 9.90 Å². The number of nitrogens with zero attached hydrogens (tertiary/aromatic N) is 1. The van der Waals surface area contributed by atoms with Crippen molar-refractivity contribution >= 4 is 17.5 Å². The van der Waals surface area contributed by atoms with Crippen molar-refractivity contribution in [3.8, 4) is 0 Å². The Balaban J connectivity index is 1.94. The van der Waals surface area contributed by atoms with Crippen molar-refractivity contribution in [1.82, 2.24) is 10.3 Å². The van der Waals surface area contributed by atoms with E-state index in [1.165, 1.54) is 0 Å². The number of aromatic nitrogens is 1. The van der Waals surface area contributed by atoms with Crippen molar-refractivity contribution in [2.24, 2.45) is 0 Å². The van der Waals surface area contributed by atoms with Crippen LogP contribution in [0.2, 0.25) is 5.02 Å². The molecule has 5 heteroatoms. The first-order chi connectivity index (χ1) is 9.16. The van der Waals surface area contributed by atoms with Crippen LogP contribution in [0.4, 0.5) is 0 Å². The molecule has 1 aromatic carbocycles. The molecule has 1 unspecified atom stereocenters. The van der Waals surface area contributed by atoms with Gasteiger partial charge in [0.2, 0.25) is 0 Å². The van der Waals surface area contributed by atoms with Crippen molar-refractivity contribution in [2.45, 2.75) is 6.10 Å². The van der Waals surface area contributed by atoms with Crippen LogP contribution >= 0.6 is 11.6 Å². The molecule has 0 aliphatic heterocycles. The minimum Gasteiger partial charge on any atom is -0.387 e. The Labute approximate surface area is 116 Å². The summed E-state index contributed by atoms with van der Waals surface area (Å²) in [6.45, 7) is 0.126. The van der Waals surface area contributed by atoms with Crippen molar-refractivity contribution in [2.75, 3.05) is 6.54 Å². The summed E-state index contributed by atoms with van der Waals surface area (Å²) in [5.74, 6) is -0.247. The molecule has 2 rings (SSSR count). The van der Waals surface area contributed by atoms with Crippen molar-refractivity contribution in [1.29, 1.82) is 0 Å². The highest BCUT2D eigenvalue weighted by Crippen LogP contribution is 2.17. The monoisotopic (exact) mass is 276 g/mol. The van der Waals surface area contributed by atoms with Crippen molar-refractivity contribution in [3.63, 3.8) is 0 Å². The largest absolute Gasteiger partial charge is 0.387 e. The fraction of sp³-hybridized carbons (Fsp3) is 0.143. The third-order valence-electron chi connectivity index (χ3n) is 2.63. The number of amides is 1. The third kappa shape index (κ3) is 3.77. The molecule has 1 aromatic heterocycles. The van der Waals surface area contributed by atoms with Gasteiger partial charge in [-0.3, -0.25) is 9.78 Å². The summed E-state index contributed by atoms with van der Waals surface area (Å²) < 4.78 is 0. The minimum absolute atomic E-state index is 0.126. The minimum atomic E-state index is -0.788. The number of aliphatic hydroxyl groups excluding tert-OH is 1. The van der Waals surface area contributed by atoms with Crippen LogP contribution in [-0.2, 0) is 0 Å². The molecular formula is C14H13ClN2O2. The summed E-state index contributed by atoms with van der Waals surface area (Å²) in [7, 11) is 0.